The molecule has 2 aromatic carbocycles. The van der Waals surface area contributed by atoms with Crippen molar-refractivity contribution in [3.05, 3.63) is 88.6 Å². The molecule has 2 heterocycles. The molecule has 5 rings (SSSR count). The number of benzene rings is 2. The Morgan fingerprint density at radius 1 is 1.10 bits per heavy atom. The highest BCUT2D eigenvalue weighted by molar-refractivity contribution is 6.30. The molecule has 2 aliphatic heterocycles. The highest BCUT2D eigenvalue weighted by Gasteiger charge is 2.47. The largest absolute Gasteiger partial charge is 0.492 e. The summed E-state index contributed by atoms with van der Waals surface area (Å²) in [6.45, 7) is 3.58. The number of allylic oxidation sites excluding steroid dienone is 2. The van der Waals surface area contributed by atoms with Crippen LogP contribution in [-0.2, 0) is 11.8 Å². The van der Waals surface area contributed by atoms with E-state index in [0.717, 1.165) is 36.8 Å². The molecule has 2 aromatic rings. The van der Waals surface area contributed by atoms with Gasteiger partial charge in [0, 0.05) is 23.0 Å². The number of nitrogens with one attached hydrogen (secondary N) is 1. The van der Waals surface area contributed by atoms with Crippen LogP contribution in [0.3, 0.4) is 0 Å². The molecular formula is C26H29ClN2O. The molecule has 0 saturated heterocycles. The van der Waals surface area contributed by atoms with Crippen LogP contribution in [0.2, 0.25) is 5.02 Å². The van der Waals surface area contributed by atoms with E-state index in [4.69, 9.17) is 16.3 Å². The summed E-state index contributed by atoms with van der Waals surface area (Å²) in [5.74, 6) is 0.976. The zero-order valence-corrected chi connectivity index (χ0v) is 18.1. The molecular weight excluding hydrogens is 392 g/mol. The normalized spacial score (nSPS) is 21.8. The van der Waals surface area contributed by atoms with Crippen molar-refractivity contribution in [2.45, 2.75) is 37.1 Å². The van der Waals surface area contributed by atoms with Crippen LogP contribution in [-0.4, -0.2) is 31.1 Å². The number of rotatable bonds is 6. The van der Waals surface area contributed by atoms with Crippen molar-refractivity contribution >= 4 is 11.6 Å². The van der Waals surface area contributed by atoms with E-state index in [-0.39, 0.29) is 5.41 Å². The third-order valence-electron chi connectivity index (χ3n) is 6.92. The Morgan fingerprint density at radius 3 is 2.70 bits per heavy atom. The lowest BCUT2D eigenvalue weighted by molar-refractivity contribution is 0.164. The molecule has 1 unspecified atom stereocenters. The lowest BCUT2D eigenvalue weighted by Crippen LogP contribution is -2.49. The van der Waals surface area contributed by atoms with E-state index in [0.29, 0.717) is 12.6 Å². The monoisotopic (exact) mass is 420 g/mol. The second-order valence-electron chi connectivity index (χ2n) is 8.63. The summed E-state index contributed by atoms with van der Waals surface area (Å²) in [6, 6.07) is 15.5. The molecule has 0 amide bonds. The van der Waals surface area contributed by atoms with Gasteiger partial charge in [0.1, 0.15) is 12.4 Å². The standard InChI is InChI=1S/C26H29ClN2O/c27-22-8-6-21(7-9-22)26(12-4-13-26)25-24-19-23(10-5-20(24)11-14-28-25)30-18-17-29-15-2-1-3-16-29/h1-3,5-10,15,19,25,28H,4,11-14,16-18H2. The molecule has 1 N–H and O–H groups in total. The van der Waals surface area contributed by atoms with E-state index in [1.165, 1.54) is 36.0 Å². The Kier molecular flexibility index (Phi) is 5.58. The highest BCUT2D eigenvalue weighted by atomic mass is 35.5. The van der Waals surface area contributed by atoms with Gasteiger partial charge in [-0.15, -0.1) is 0 Å². The first-order valence-corrected chi connectivity index (χ1v) is 11.4. The molecule has 156 valence electrons. The van der Waals surface area contributed by atoms with Crippen molar-refractivity contribution < 1.29 is 4.74 Å². The summed E-state index contributed by atoms with van der Waals surface area (Å²) in [6.07, 6.45) is 13.3. The minimum absolute atomic E-state index is 0.156. The SMILES string of the molecule is Clc1ccc(C2(C3NCCc4ccc(OCCN5C=CC=CC5)cc43)CCC2)cc1. The lowest BCUT2D eigenvalue weighted by atomic mass is 9.58. The van der Waals surface area contributed by atoms with Crippen LogP contribution in [0.25, 0.3) is 0 Å². The molecule has 0 spiro atoms. The fraction of sp³-hybridized carbons (Fsp3) is 0.385. The molecule has 4 heteroatoms. The molecule has 0 radical (unpaired) electrons. The second kappa shape index (κ2) is 8.49. The molecule has 3 nitrogen and oxygen atoms in total. The van der Waals surface area contributed by atoms with Crippen LogP contribution in [0, 0.1) is 0 Å². The molecule has 1 aliphatic carbocycles. The summed E-state index contributed by atoms with van der Waals surface area (Å²) < 4.78 is 6.16. The Balaban J connectivity index is 1.36. The van der Waals surface area contributed by atoms with Crippen molar-refractivity contribution in [3.8, 4) is 5.75 Å². The maximum Gasteiger partial charge on any atom is 0.119 e. The van der Waals surface area contributed by atoms with Crippen LogP contribution in [0.1, 0.15) is 42.0 Å². The van der Waals surface area contributed by atoms with E-state index in [2.05, 4.69) is 65.0 Å². The van der Waals surface area contributed by atoms with Gasteiger partial charge in [-0.2, -0.15) is 0 Å². The van der Waals surface area contributed by atoms with Gasteiger partial charge in [0.05, 0.1) is 6.54 Å². The van der Waals surface area contributed by atoms with Crippen LogP contribution in [0.5, 0.6) is 5.75 Å². The zero-order valence-electron chi connectivity index (χ0n) is 17.3. The topological polar surface area (TPSA) is 24.5 Å². The van der Waals surface area contributed by atoms with Crippen molar-refractivity contribution in [1.82, 2.24) is 10.2 Å². The smallest absolute Gasteiger partial charge is 0.119 e. The quantitative estimate of drug-likeness (QED) is 0.675. The van der Waals surface area contributed by atoms with E-state index in [9.17, 15) is 0 Å². The lowest BCUT2D eigenvalue weighted by Gasteiger charge is -2.50. The number of halogens is 1. The van der Waals surface area contributed by atoms with Crippen molar-refractivity contribution in [2.75, 3.05) is 26.2 Å². The first-order valence-electron chi connectivity index (χ1n) is 11.1. The van der Waals surface area contributed by atoms with E-state index in [1.807, 2.05) is 12.1 Å². The van der Waals surface area contributed by atoms with Crippen LogP contribution < -0.4 is 10.1 Å². The predicted octanol–water partition coefficient (Wildman–Crippen LogP) is 5.41. The molecule has 1 atom stereocenters. The first kappa shape index (κ1) is 19.7. The average Bonchev–Trinajstić information content (AvgIpc) is 2.75. The Bertz CT molecular complexity index is 946. The fourth-order valence-electron chi connectivity index (χ4n) is 5.15. The van der Waals surface area contributed by atoms with Gasteiger partial charge in [-0.3, -0.25) is 0 Å². The first-order chi connectivity index (χ1) is 14.7. The second-order valence-corrected chi connectivity index (χ2v) is 9.06. The van der Waals surface area contributed by atoms with Gasteiger partial charge in [0.15, 0.2) is 0 Å². The maximum absolute atomic E-state index is 6.17. The maximum atomic E-state index is 6.17. The molecule has 0 aromatic heterocycles. The van der Waals surface area contributed by atoms with Gasteiger partial charge >= 0.3 is 0 Å². The van der Waals surface area contributed by atoms with Crippen molar-refractivity contribution in [3.63, 3.8) is 0 Å². The molecule has 3 aliphatic rings. The highest BCUT2D eigenvalue weighted by Crippen LogP contribution is 2.53. The van der Waals surface area contributed by atoms with E-state index >= 15 is 0 Å². The van der Waals surface area contributed by atoms with Crippen LogP contribution >= 0.6 is 11.6 Å². The zero-order chi connectivity index (χ0) is 20.4. The number of ether oxygens (including phenoxy) is 1. The number of nitrogens with zero attached hydrogens (tertiary/aromatic N) is 1. The van der Waals surface area contributed by atoms with Crippen molar-refractivity contribution in [1.29, 1.82) is 0 Å². The Morgan fingerprint density at radius 2 is 1.97 bits per heavy atom. The van der Waals surface area contributed by atoms with Gasteiger partial charge in [-0.05, 0) is 79.0 Å². The minimum atomic E-state index is 0.156. The summed E-state index contributed by atoms with van der Waals surface area (Å²) in [7, 11) is 0. The van der Waals surface area contributed by atoms with Gasteiger partial charge in [-0.25, -0.2) is 0 Å². The van der Waals surface area contributed by atoms with E-state index < -0.39 is 0 Å². The van der Waals surface area contributed by atoms with Crippen LogP contribution in [0.4, 0.5) is 0 Å². The number of hydrogen-bond donors (Lipinski definition) is 1. The molecule has 30 heavy (non-hydrogen) atoms. The molecule has 0 bridgehead atoms. The van der Waals surface area contributed by atoms with E-state index in [1.54, 1.807) is 0 Å². The average molecular weight is 421 g/mol. The van der Waals surface area contributed by atoms with Crippen molar-refractivity contribution in [2.24, 2.45) is 0 Å². The minimum Gasteiger partial charge on any atom is -0.492 e. The number of fused-ring (bicyclic) bond motifs is 1. The summed E-state index contributed by atoms with van der Waals surface area (Å²) in [4.78, 5) is 2.27. The van der Waals surface area contributed by atoms with Gasteiger partial charge < -0.3 is 15.0 Å². The van der Waals surface area contributed by atoms with Gasteiger partial charge in [0.2, 0.25) is 0 Å². The summed E-state index contributed by atoms with van der Waals surface area (Å²) >= 11 is 6.17. The third kappa shape index (κ3) is 3.77. The van der Waals surface area contributed by atoms with Gasteiger partial charge in [-0.1, -0.05) is 48.4 Å². The summed E-state index contributed by atoms with van der Waals surface area (Å²) in [5, 5.41) is 4.66. The molecule has 1 fully saturated rings. The Labute approximate surface area is 184 Å². The predicted molar refractivity (Wildman–Crippen MR) is 123 cm³/mol. The van der Waals surface area contributed by atoms with Crippen LogP contribution in [0.15, 0.2) is 66.9 Å². The number of hydrogen-bond acceptors (Lipinski definition) is 3. The third-order valence-corrected chi connectivity index (χ3v) is 7.17. The van der Waals surface area contributed by atoms with Gasteiger partial charge in [0.25, 0.3) is 0 Å². The Hall–Kier alpha value is -2.23. The fourth-order valence-corrected chi connectivity index (χ4v) is 5.28. The molecule has 1 saturated carbocycles. The summed E-state index contributed by atoms with van der Waals surface area (Å²) in [5.41, 5.74) is 4.42.